The minimum absolute atomic E-state index is 0.830. The van der Waals surface area contributed by atoms with Gasteiger partial charge in [0.25, 0.3) is 0 Å². The zero-order chi connectivity index (χ0) is 13.7. The van der Waals surface area contributed by atoms with E-state index in [0.29, 0.717) is 0 Å². The van der Waals surface area contributed by atoms with E-state index in [-0.39, 0.29) is 0 Å². The average molecular weight is 261 g/mol. The van der Waals surface area contributed by atoms with Gasteiger partial charge in [0.15, 0.2) is 0 Å². The van der Waals surface area contributed by atoms with Crippen molar-refractivity contribution in [1.29, 1.82) is 0 Å². The van der Waals surface area contributed by atoms with Gasteiger partial charge in [-0.25, -0.2) is 0 Å². The second-order valence-corrected chi connectivity index (χ2v) is 5.96. The highest BCUT2D eigenvalue weighted by atomic mass is 15.3. The zero-order valence-corrected chi connectivity index (χ0v) is 12.3. The number of benzene rings is 1. The quantitative estimate of drug-likeness (QED) is 0.827. The fourth-order valence-corrected chi connectivity index (χ4v) is 2.64. The second-order valence-electron chi connectivity index (χ2n) is 5.96. The van der Waals surface area contributed by atoms with Crippen molar-refractivity contribution in [3.63, 3.8) is 0 Å². The van der Waals surface area contributed by atoms with Gasteiger partial charge in [0, 0.05) is 37.6 Å². The van der Waals surface area contributed by atoms with Crippen molar-refractivity contribution in [3.05, 3.63) is 24.3 Å². The van der Waals surface area contributed by atoms with Crippen LogP contribution in [-0.4, -0.2) is 37.6 Å². The van der Waals surface area contributed by atoms with Gasteiger partial charge in [-0.15, -0.1) is 0 Å². The number of nitrogens with two attached hydrogens (primary N) is 1. The van der Waals surface area contributed by atoms with Crippen molar-refractivity contribution in [2.45, 2.75) is 26.7 Å². The van der Waals surface area contributed by atoms with E-state index in [2.05, 4.69) is 35.8 Å². The minimum atomic E-state index is 0.830. The number of hydrogen-bond donors (Lipinski definition) is 1. The van der Waals surface area contributed by atoms with E-state index in [9.17, 15) is 0 Å². The first-order valence-corrected chi connectivity index (χ1v) is 7.48. The number of hydrogen-bond acceptors (Lipinski definition) is 3. The maximum absolute atomic E-state index is 5.73. The first-order valence-electron chi connectivity index (χ1n) is 7.48. The van der Waals surface area contributed by atoms with Gasteiger partial charge in [-0.3, -0.25) is 4.90 Å². The zero-order valence-electron chi connectivity index (χ0n) is 12.3. The van der Waals surface area contributed by atoms with Crippen LogP contribution in [0.25, 0.3) is 0 Å². The van der Waals surface area contributed by atoms with E-state index >= 15 is 0 Å². The van der Waals surface area contributed by atoms with Crippen LogP contribution in [0.5, 0.6) is 0 Å². The summed E-state index contributed by atoms with van der Waals surface area (Å²) in [5.41, 5.74) is 7.88. The Hall–Kier alpha value is -1.22. The van der Waals surface area contributed by atoms with Crippen molar-refractivity contribution in [1.82, 2.24) is 4.90 Å². The summed E-state index contributed by atoms with van der Waals surface area (Å²) in [6.07, 6.45) is 2.68. The van der Waals surface area contributed by atoms with E-state index in [1.54, 1.807) is 0 Å². The molecule has 1 aliphatic heterocycles. The molecule has 1 aliphatic rings. The van der Waals surface area contributed by atoms with Crippen molar-refractivity contribution in [2.24, 2.45) is 5.92 Å². The summed E-state index contributed by atoms with van der Waals surface area (Å²) in [6, 6.07) is 8.24. The maximum atomic E-state index is 5.73. The van der Waals surface area contributed by atoms with E-state index in [0.717, 1.165) is 24.7 Å². The SMILES string of the molecule is CC(C)CCCN1CCN(c2ccc(N)cc2)CC1. The van der Waals surface area contributed by atoms with Gasteiger partial charge >= 0.3 is 0 Å². The summed E-state index contributed by atoms with van der Waals surface area (Å²) in [4.78, 5) is 5.05. The minimum Gasteiger partial charge on any atom is -0.399 e. The van der Waals surface area contributed by atoms with Crippen LogP contribution in [0.3, 0.4) is 0 Å². The molecule has 0 saturated carbocycles. The fourth-order valence-electron chi connectivity index (χ4n) is 2.64. The largest absolute Gasteiger partial charge is 0.399 e. The Labute approximate surface area is 117 Å². The van der Waals surface area contributed by atoms with Crippen LogP contribution < -0.4 is 10.6 Å². The van der Waals surface area contributed by atoms with Gasteiger partial charge in [0.1, 0.15) is 0 Å². The maximum Gasteiger partial charge on any atom is 0.0368 e. The molecular formula is C16H27N3. The number of anilines is 2. The van der Waals surface area contributed by atoms with Crippen LogP contribution in [0.2, 0.25) is 0 Å². The molecular weight excluding hydrogens is 234 g/mol. The Morgan fingerprint density at radius 3 is 2.26 bits per heavy atom. The lowest BCUT2D eigenvalue weighted by Gasteiger charge is -2.36. The van der Waals surface area contributed by atoms with Gasteiger partial charge in [0.2, 0.25) is 0 Å². The molecule has 1 heterocycles. The van der Waals surface area contributed by atoms with Crippen LogP contribution in [0.4, 0.5) is 11.4 Å². The van der Waals surface area contributed by atoms with Crippen molar-refractivity contribution in [2.75, 3.05) is 43.4 Å². The summed E-state index contributed by atoms with van der Waals surface area (Å²) in [5, 5.41) is 0. The van der Waals surface area contributed by atoms with Gasteiger partial charge in [-0.05, 0) is 49.6 Å². The van der Waals surface area contributed by atoms with Crippen LogP contribution in [-0.2, 0) is 0 Å². The summed E-state index contributed by atoms with van der Waals surface area (Å²) < 4.78 is 0. The molecule has 0 unspecified atom stereocenters. The molecule has 3 heteroatoms. The Balaban J connectivity index is 1.74. The van der Waals surface area contributed by atoms with Gasteiger partial charge in [0.05, 0.1) is 0 Å². The smallest absolute Gasteiger partial charge is 0.0368 e. The summed E-state index contributed by atoms with van der Waals surface area (Å²) >= 11 is 0. The van der Waals surface area contributed by atoms with Gasteiger partial charge < -0.3 is 10.6 Å². The molecule has 0 aromatic heterocycles. The molecule has 1 saturated heterocycles. The average Bonchev–Trinajstić information content (AvgIpc) is 2.40. The Morgan fingerprint density at radius 1 is 1.05 bits per heavy atom. The standard InChI is InChI=1S/C16H27N3/c1-14(2)4-3-9-18-10-12-19(13-11-18)16-7-5-15(17)6-8-16/h5-8,14H,3-4,9-13,17H2,1-2H3. The highest BCUT2D eigenvalue weighted by molar-refractivity contribution is 5.53. The van der Waals surface area contributed by atoms with Gasteiger partial charge in [-0.1, -0.05) is 13.8 Å². The number of nitrogens with zero attached hydrogens (tertiary/aromatic N) is 2. The Morgan fingerprint density at radius 2 is 1.68 bits per heavy atom. The van der Waals surface area contributed by atoms with Crippen LogP contribution >= 0.6 is 0 Å². The predicted molar refractivity (Wildman–Crippen MR) is 83.6 cm³/mol. The molecule has 0 bridgehead atoms. The third kappa shape index (κ3) is 4.43. The third-order valence-electron chi connectivity index (χ3n) is 3.89. The van der Waals surface area contributed by atoms with E-state index in [4.69, 9.17) is 5.73 Å². The monoisotopic (exact) mass is 261 g/mol. The molecule has 0 spiro atoms. The lowest BCUT2D eigenvalue weighted by molar-refractivity contribution is 0.249. The molecule has 19 heavy (non-hydrogen) atoms. The lowest BCUT2D eigenvalue weighted by atomic mass is 10.1. The number of piperazine rings is 1. The Bertz CT molecular complexity index is 364. The topological polar surface area (TPSA) is 32.5 Å². The lowest BCUT2D eigenvalue weighted by Crippen LogP contribution is -2.46. The van der Waals surface area contributed by atoms with Gasteiger partial charge in [-0.2, -0.15) is 0 Å². The molecule has 0 atom stereocenters. The molecule has 2 N–H and O–H groups in total. The fraction of sp³-hybridized carbons (Fsp3) is 0.625. The summed E-state index contributed by atoms with van der Waals surface area (Å²) in [5.74, 6) is 0.830. The van der Waals surface area contributed by atoms with Crippen LogP contribution in [0.15, 0.2) is 24.3 Å². The molecule has 0 amide bonds. The highest BCUT2D eigenvalue weighted by Crippen LogP contribution is 2.18. The number of nitrogen functional groups attached to an aromatic ring is 1. The molecule has 1 aromatic carbocycles. The van der Waals surface area contributed by atoms with Crippen molar-refractivity contribution < 1.29 is 0 Å². The summed E-state index contributed by atoms with van der Waals surface area (Å²) in [7, 11) is 0. The third-order valence-corrected chi connectivity index (χ3v) is 3.89. The van der Waals surface area contributed by atoms with E-state index in [1.165, 1.54) is 38.2 Å². The predicted octanol–water partition coefficient (Wildman–Crippen LogP) is 2.83. The van der Waals surface area contributed by atoms with E-state index < -0.39 is 0 Å². The molecule has 0 radical (unpaired) electrons. The summed E-state index contributed by atoms with van der Waals surface area (Å²) in [6.45, 7) is 10.5. The molecule has 0 aliphatic carbocycles. The number of rotatable bonds is 5. The molecule has 1 aromatic rings. The normalized spacial score (nSPS) is 17.1. The molecule has 106 valence electrons. The molecule has 1 fully saturated rings. The van der Waals surface area contributed by atoms with Crippen molar-refractivity contribution in [3.8, 4) is 0 Å². The van der Waals surface area contributed by atoms with Crippen LogP contribution in [0.1, 0.15) is 26.7 Å². The second kappa shape index (κ2) is 6.80. The van der Waals surface area contributed by atoms with Crippen LogP contribution in [0, 0.1) is 5.92 Å². The molecule has 3 nitrogen and oxygen atoms in total. The first kappa shape index (κ1) is 14.2. The first-order chi connectivity index (χ1) is 9.15. The Kier molecular flexibility index (Phi) is 5.08. The van der Waals surface area contributed by atoms with Crippen molar-refractivity contribution >= 4 is 11.4 Å². The molecule has 2 rings (SSSR count). The van der Waals surface area contributed by atoms with E-state index in [1.807, 2.05) is 12.1 Å². The highest BCUT2D eigenvalue weighted by Gasteiger charge is 2.16.